The summed E-state index contributed by atoms with van der Waals surface area (Å²) in [7, 11) is 4.60. The summed E-state index contributed by atoms with van der Waals surface area (Å²) in [6, 6.07) is 11.5. The van der Waals surface area contributed by atoms with Crippen molar-refractivity contribution in [2.45, 2.75) is 19.4 Å². The molecule has 0 atom stereocenters. The van der Waals surface area contributed by atoms with Crippen molar-refractivity contribution in [2.75, 3.05) is 12.0 Å². The Bertz CT molecular complexity index is 1210. The summed E-state index contributed by atoms with van der Waals surface area (Å²) in [5.74, 6) is 0.224. The lowest BCUT2D eigenvalue weighted by atomic mass is 9.86. The summed E-state index contributed by atoms with van der Waals surface area (Å²) in [5.41, 5.74) is 1.49. The largest absolute Gasteiger partial charge is 0.497 e. The zero-order chi connectivity index (χ0) is 20.9. The molecule has 0 bridgehead atoms. The number of anilines is 1. The number of ether oxygens (including phenoxy) is 1. The molecular weight excluding hydrogens is 428 g/mol. The van der Waals surface area contributed by atoms with Crippen LogP contribution in [0.2, 0.25) is 0 Å². The predicted octanol–water partition coefficient (Wildman–Crippen LogP) is 6.02. The number of methoxy groups -OCH3 is 1. The quantitative estimate of drug-likeness (QED) is 0.214. The number of para-hydroxylation sites is 1. The SMILES string of the molecule is COc1ccc2c(c1)-c1c(ssc1=S)C(C)(C)N2C(=O)c1ccccc1[N+](=O)[O-]. The first-order valence-corrected chi connectivity index (χ1v) is 11.2. The van der Waals surface area contributed by atoms with Crippen LogP contribution in [0.5, 0.6) is 5.75 Å². The molecule has 0 radical (unpaired) electrons. The van der Waals surface area contributed by atoms with Gasteiger partial charge >= 0.3 is 0 Å². The molecule has 1 aliphatic rings. The topological polar surface area (TPSA) is 72.7 Å². The Kier molecular flexibility index (Phi) is 4.76. The maximum absolute atomic E-state index is 13.6. The molecule has 2 heterocycles. The van der Waals surface area contributed by atoms with E-state index in [0.717, 1.165) is 19.8 Å². The Morgan fingerprint density at radius 2 is 1.93 bits per heavy atom. The molecule has 0 saturated heterocycles. The Labute approximate surface area is 179 Å². The summed E-state index contributed by atoms with van der Waals surface area (Å²) in [6.07, 6.45) is 0. The van der Waals surface area contributed by atoms with E-state index < -0.39 is 16.4 Å². The van der Waals surface area contributed by atoms with Crippen molar-refractivity contribution in [3.8, 4) is 16.9 Å². The second-order valence-electron chi connectivity index (χ2n) is 7.02. The van der Waals surface area contributed by atoms with Crippen LogP contribution in [0.4, 0.5) is 11.4 Å². The monoisotopic (exact) mass is 444 g/mol. The highest BCUT2D eigenvalue weighted by Gasteiger charge is 2.44. The highest BCUT2D eigenvalue weighted by Crippen LogP contribution is 2.53. The van der Waals surface area contributed by atoms with Gasteiger partial charge in [-0.25, -0.2) is 0 Å². The third kappa shape index (κ3) is 2.97. The lowest BCUT2D eigenvalue weighted by molar-refractivity contribution is -0.385. The summed E-state index contributed by atoms with van der Waals surface area (Å²) < 4.78 is 6.13. The minimum atomic E-state index is -0.726. The summed E-state index contributed by atoms with van der Waals surface area (Å²) in [5, 5.41) is 11.5. The second kappa shape index (κ2) is 7.01. The Balaban J connectivity index is 1.99. The summed E-state index contributed by atoms with van der Waals surface area (Å²) >= 11 is 5.58. The second-order valence-corrected chi connectivity index (χ2v) is 9.83. The fourth-order valence-corrected chi connectivity index (χ4v) is 6.91. The smallest absolute Gasteiger partial charge is 0.282 e. The highest BCUT2D eigenvalue weighted by atomic mass is 32.9. The van der Waals surface area contributed by atoms with Gasteiger partial charge in [0.25, 0.3) is 11.6 Å². The highest BCUT2D eigenvalue weighted by molar-refractivity contribution is 7.80. The van der Waals surface area contributed by atoms with Crippen molar-refractivity contribution in [2.24, 2.45) is 0 Å². The van der Waals surface area contributed by atoms with E-state index in [1.807, 2.05) is 26.0 Å². The van der Waals surface area contributed by atoms with E-state index in [4.69, 9.17) is 17.0 Å². The van der Waals surface area contributed by atoms with Crippen LogP contribution < -0.4 is 9.64 Å². The molecule has 0 saturated carbocycles. The molecule has 9 heteroatoms. The molecule has 0 spiro atoms. The van der Waals surface area contributed by atoms with E-state index in [-0.39, 0.29) is 11.3 Å². The third-order valence-corrected chi connectivity index (χ3v) is 8.32. The van der Waals surface area contributed by atoms with E-state index >= 15 is 0 Å². The lowest BCUT2D eigenvalue weighted by Gasteiger charge is -2.42. The molecule has 0 fully saturated rings. The lowest BCUT2D eigenvalue weighted by Crippen LogP contribution is -2.48. The number of benzene rings is 2. The van der Waals surface area contributed by atoms with Gasteiger partial charge in [-0.15, -0.1) is 0 Å². The summed E-state index contributed by atoms with van der Waals surface area (Å²) in [6.45, 7) is 3.87. The van der Waals surface area contributed by atoms with E-state index in [9.17, 15) is 14.9 Å². The molecule has 1 aliphatic heterocycles. The van der Waals surface area contributed by atoms with Crippen LogP contribution in [0.15, 0.2) is 42.5 Å². The number of nitro benzene ring substituents is 1. The van der Waals surface area contributed by atoms with Gasteiger partial charge in [-0.05, 0) is 38.1 Å². The summed E-state index contributed by atoms with van der Waals surface area (Å²) in [4.78, 5) is 27.2. The first-order valence-electron chi connectivity index (χ1n) is 8.67. The number of carbonyl (C=O) groups excluding carboxylic acids is 1. The van der Waals surface area contributed by atoms with Gasteiger partial charge in [0, 0.05) is 17.2 Å². The molecule has 148 valence electrons. The van der Waals surface area contributed by atoms with Gasteiger partial charge in [-0.1, -0.05) is 45.0 Å². The van der Waals surface area contributed by atoms with Crippen LogP contribution in [-0.4, -0.2) is 17.9 Å². The minimum Gasteiger partial charge on any atom is -0.497 e. The van der Waals surface area contributed by atoms with E-state index in [1.54, 1.807) is 30.2 Å². The molecule has 0 unspecified atom stereocenters. The molecule has 1 amide bonds. The van der Waals surface area contributed by atoms with Gasteiger partial charge < -0.3 is 4.74 Å². The zero-order valence-corrected chi connectivity index (χ0v) is 18.2. The molecule has 4 rings (SSSR count). The number of nitro groups is 1. The molecule has 6 nitrogen and oxygen atoms in total. The maximum Gasteiger partial charge on any atom is 0.282 e. The van der Waals surface area contributed by atoms with Gasteiger partial charge in [0.2, 0.25) is 0 Å². The average molecular weight is 445 g/mol. The molecule has 3 aromatic rings. The van der Waals surface area contributed by atoms with Gasteiger partial charge in [0.1, 0.15) is 15.1 Å². The number of fused-ring (bicyclic) bond motifs is 3. The molecule has 0 aliphatic carbocycles. The fourth-order valence-electron chi connectivity index (χ4n) is 3.63. The Morgan fingerprint density at radius 3 is 2.62 bits per heavy atom. The van der Waals surface area contributed by atoms with E-state index in [1.165, 1.54) is 32.8 Å². The number of hydrogen-bond donors (Lipinski definition) is 0. The predicted molar refractivity (Wildman–Crippen MR) is 118 cm³/mol. The minimum absolute atomic E-state index is 0.0506. The van der Waals surface area contributed by atoms with Crippen LogP contribution >= 0.6 is 32.9 Å². The molecule has 29 heavy (non-hydrogen) atoms. The first kappa shape index (κ1) is 19.7. The zero-order valence-electron chi connectivity index (χ0n) is 15.8. The van der Waals surface area contributed by atoms with Crippen molar-refractivity contribution in [3.63, 3.8) is 0 Å². The molecule has 2 aromatic carbocycles. The van der Waals surface area contributed by atoms with Gasteiger partial charge in [-0.3, -0.25) is 19.8 Å². The van der Waals surface area contributed by atoms with Crippen LogP contribution in [-0.2, 0) is 5.54 Å². The molecular formula is C20H16N2O4S3. The first-order chi connectivity index (χ1) is 13.8. The number of rotatable bonds is 3. The fraction of sp³-hybridized carbons (Fsp3) is 0.200. The number of amides is 1. The molecule has 1 aromatic heterocycles. The standard InChI is InChI=1S/C20H16N2O4S3/c1-20(2)17-16(19(27)29-28-17)13-10-11(26-3)8-9-14(13)21(20)18(23)12-6-4-5-7-15(12)22(24)25/h4-10H,1-3H3. The number of carbonyl (C=O) groups is 1. The van der Waals surface area contributed by atoms with Crippen molar-refractivity contribution in [3.05, 3.63) is 66.8 Å². The van der Waals surface area contributed by atoms with Gasteiger partial charge in [0.05, 0.1) is 28.1 Å². The molecule has 0 N–H and O–H groups in total. The van der Waals surface area contributed by atoms with Crippen LogP contribution in [0.25, 0.3) is 11.1 Å². The van der Waals surface area contributed by atoms with Gasteiger partial charge in [-0.2, -0.15) is 0 Å². The van der Waals surface area contributed by atoms with Crippen molar-refractivity contribution < 1.29 is 14.5 Å². The number of hydrogen-bond acceptors (Lipinski definition) is 7. The van der Waals surface area contributed by atoms with Crippen molar-refractivity contribution >= 4 is 50.2 Å². The Morgan fingerprint density at radius 1 is 1.21 bits per heavy atom. The Hall–Kier alpha value is -2.62. The van der Waals surface area contributed by atoms with Crippen LogP contribution in [0, 0.1) is 13.9 Å². The van der Waals surface area contributed by atoms with Crippen LogP contribution in [0.1, 0.15) is 29.1 Å². The average Bonchev–Trinajstić information content (AvgIpc) is 3.10. The van der Waals surface area contributed by atoms with E-state index in [2.05, 4.69) is 0 Å². The third-order valence-electron chi connectivity index (χ3n) is 4.99. The number of nitrogens with zero attached hydrogens (tertiary/aromatic N) is 2. The van der Waals surface area contributed by atoms with Gasteiger partial charge in [0.15, 0.2) is 0 Å². The van der Waals surface area contributed by atoms with Crippen LogP contribution in [0.3, 0.4) is 0 Å². The van der Waals surface area contributed by atoms with Crippen molar-refractivity contribution in [1.29, 1.82) is 0 Å². The normalized spacial score (nSPS) is 14.1. The van der Waals surface area contributed by atoms with Crippen molar-refractivity contribution in [1.82, 2.24) is 0 Å². The van der Waals surface area contributed by atoms with E-state index in [0.29, 0.717) is 11.4 Å². The maximum atomic E-state index is 13.6.